The van der Waals surface area contributed by atoms with E-state index in [1.54, 1.807) is 12.1 Å². The lowest BCUT2D eigenvalue weighted by Crippen LogP contribution is -2.20. The van der Waals surface area contributed by atoms with Crippen LogP contribution in [0.25, 0.3) is 28.1 Å². The maximum atomic E-state index is 13.5. The number of rotatable bonds is 9. The zero-order chi connectivity index (χ0) is 22.5. The number of carboxylic acid groups (broad SMARTS) is 1. The maximum absolute atomic E-state index is 13.5. The largest absolute Gasteiger partial charge is 0.481 e. The van der Waals surface area contributed by atoms with Crippen LogP contribution >= 0.6 is 0 Å². The van der Waals surface area contributed by atoms with Crippen molar-refractivity contribution in [2.45, 2.75) is 51.4 Å². The number of carbonyl (C=O) groups is 1. The molecule has 0 aliphatic rings. The van der Waals surface area contributed by atoms with Crippen LogP contribution in [-0.4, -0.2) is 38.1 Å². The Morgan fingerprint density at radius 3 is 2.39 bits per heavy atom. The van der Waals surface area contributed by atoms with E-state index < -0.39 is 24.6 Å². The molecule has 2 aromatic carbocycles. The molecule has 1 heterocycles. The van der Waals surface area contributed by atoms with Gasteiger partial charge in [0, 0.05) is 34.6 Å². The Morgan fingerprint density at radius 1 is 1.06 bits per heavy atom. The Bertz CT molecular complexity index is 1070. The molecule has 3 N–H and O–H groups in total. The summed E-state index contributed by atoms with van der Waals surface area (Å²) >= 11 is 0. The summed E-state index contributed by atoms with van der Waals surface area (Å²) in [4.78, 5) is 10.7. The van der Waals surface area contributed by atoms with Crippen LogP contribution in [0.2, 0.25) is 0 Å². The van der Waals surface area contributed by atoms with Crippen molar-refractivity contribution in [3.05, 3.63) is 66.1 Å². The molecule has 5 nitrogen and oxygen atoms in total. The molecule has 0 radical (unpaired) electrons. The molecular weight excluding hydrogens is 397 g/mol. The number of para-hydroxylation sites is 1. The fourth-order valence-electron chi connectivity index (χ4n) is 3.96. The standard InChI is InChI=1S/C25H28FNO4/c1-16(2)27-22-8-4-3-7-21(22)25(17-10-12-18(26)13-11-17)23(27)9-5-6-19(28)14-20(29)15-24(30)31/h3-5,7-13,16,19-20,28-29H,6,14-15H2,1-2H3,(H,30,31)/b9-5+/t19-,20-/m1/s1. The van der Waals surface area contributed by atoms with E-state index in [0.29, 0.717) is 0 Å². The Morgan fingerprint density at radius 2 is 1.74 bits per heavy atom. The first kappa shape index (κ1) is 22.7. The van der Waals surface area contributed by atoms with Gasteiger partial charge in [-0.15, -0.1) is 0 Å². The van der Waals surface area contributed by atoms with Gasteiger partial charge < -0.3 is 19.9 Å². The van der Waals surface area contributed by atoms with Gasteiger partial charge in [0.2, 0.25) is 0 Å². The van der Waals surface area contributed by atoms with Crippen molar-refractivity contribution >= 4 is 22.9 Å². The molecule has 0 saturated carbocycles. The van der Waals surface area contributed by atoms with Crippen LogP contribution in [-0.2, 0) is 4.79 Å². The van der Waals surface area contributed by atoms with Gasteiger partial charge in [-0.05, 0) is 50.1 Å². The molecule has 0 amide bonds. The molecule has 1 aromatic heterocycles. The number of hydrogen-bond donors (Lipinski definition) is 3. The van der Waals surface area contributed by atoms with E-state index in [-0.39, 0.29) is 24.7 Å². The number of aliphatic carboxylic acids is 1. The van der Waals surface area contributed by atoms with Crippen LogP contribution < -0.4 is 0 Å². The van der Waals surface area contributed by atoms with Gasteiger partial charge in [-0.25, -0.2) is 4.39 Å². The predicted octanol–water partition coefficient (Wildman–Crippen LogP) is 5.02. The summed E-state index contributed by atoms with van der Waals surface area (Å²) in [6.45, 7) is 4.19. The van der Waals surface area contributed by atoms with E-state index in [0.717, 1.165) is 27.7 Å². The minimum Gasteiger partial charge on any atom is -0.481 e. The Labute approximate surface area is 181 Å². The molecule has 3 rings (SSSR count). The van der Waals surface area contributed by atoms with Gasteiger partial charge in [-0.2, -0.15) is 0 Å². The maximum Gasteiger partial charge on any atom is 0.305 e. The molecular formula is C25H28FNO4. The second-order valence-electron chi connectivity index (χ2n) is 8.03. The number of aliphatic hydroxyl groups is 2. The van der Waals surface area contributed by atoms with Gasteiger partial charge >= 0.3 is 5.97 Å². The minimum absolute atomic E-state index is 0.00533. The zero-order valence-corrected chi connectivity index (χ0v) is 17.7. The minimum atomic E-state index is -1.10. The van der Waals surface area contributed by atoms with Crippen LogP contribution in [0.1, 0.15) is 44.8 Å². The third kappa shape index (κ3) is 5.40. The molecule has 0 unspecified atom stereocenters. The molecule has 164 valence electrons. The number of hydrogen-bond acceptors (Lipinski definition) is 3. The summed E-state index contributed by atoms with van der Waals surface area (Å²) in [7, 11) is 0. The lowest BCUT2D eigenvalue weighted by molar-refractivity contribution is -0.139. The number of carboxylic acids is 1. The van der Waals surface area contributed by atoms with Crippen LogP contribution in [0.3, 0.4) is 0 Å². The number of benzene rings is 2. The highest BCUT2D eigenvalue weighted by molar-refractivity contribution is 6.01. The monoisotopic (exact) mass is 425 g/mol. The van der Waals surface area contributed by atoms with Crippen molar-refractivity contribution < 1.29 is 24.5 Å². The highest BCUT2D eigenvalue weighted by Crippen LogP contribution is 2.38. The zero-order valence-electron chi connectivity index (χ0n) is 17.7. The average molecular weight is 426 g/mol. The molecule has 3 aromatic rings. The quantitative estimate of drug-likeness (QED) is 0.450. The molecule has 2 atom stereocenters. The molecule has 0 saturated heterocycles. The van der Waals surface area contributed by atoms with E-state index in [1.807, 2.05) is 30.4 Å². The third-order valence-electron chi connectivity index (χ3n) is 5.24. The summed E-state index contributed by atoms with van der Waals surface area (Å²) in [5.74, 6) is -1.39. The lowest BCUT2D eigenvalue weighted by Gasteiger charge is -2.15. The summed E-state index contributed by atoms with van der Waals surface area (Å²) < 4.78 is 15.7. The van der Waals surface area contributed by atoms with E-state index >= 15 is 0 Å². The molecule has 0 aliphatic heterocycles. The first-order valence-corrected chi connectivity index (χ1v) is 10.4. The topological polar surface area (TPSA) is 82.7 Å². The van der Waals surface area contributed by atoms with Gasteiger partial charge in [0.25, 0.3) is 0 Å². The van der Waals surface area contributed by atoms with Crippen molar-refractivity contribution in [3.63, 3.8) is 0 Å². The highest BCUT2D eigenvalue weighted by Gasteiger charge is 2.19. The lowest BCUT2D eigenvalue weighted by atomic mass is 10.0. The van der Waals surface area contributed by atoms with Crippen molar-refractivity contribution in [2.75, 3.05) is 0 Å². The Kier molecular flexibility index (Phi) is 7.25. The molecule has 0 fully saturated rings. The molecule has 0 spiro atoms. The first-order chi connectivity index (χ1) is 14.8. The van der Waals surface area contributed by atoms with E-state index in [9.17, 15) is 19.4 Å². The third-order valence-corrected chi connectivity index (χ3v) is 5.24. The number of halogens is 1. The summed E-state index contributed by atoms with van der Waals surface area (Å²) in [5.41, 5.74) is 3.89. The van der Waals surface area contributed by atoms with Gasteiger partial charge in [0.05, 0.1) is 18.6 Å². The first-order valence-electron chi connectivity index (χ1n) is 10.4. The van der Waals surface area contributed by atoms with Gasteiger partial charge in [-0.1, -0.05) is 36.4 Å². The molecule has 31 heavy (non-hydrogen) atoms. The van der Waals surface area contributed by atoms with E-state index in [2.05, 4.69) is 24.5 Å². The summed E-state index contributed by atoms with van der Waals surface area (Å²) in [5, 5.41) is 29.7. The average Bonchev–Trinajstić information content (AvgIpc) is 3.02. The van der Waals surface area contributed by atoms with Crippen molar-refractivity contribution in [1.29, 1.82) is 0 Å². The second kappa shape index (κ2) is 9.90. The number of aliphatic hydroxyl groups excluding tert-OH is 2. The molecule has 0 bridgehead atoms. The smallest absolute Gasteiger partial charge is 0.305 e. The predicted molar refractivity (Wildman–Crippen MR) is 120 cm³/mol. The van der Waals surface area contributed by atoms with Gasteiger partial charge in [0.15, 0.2) is 0 Å². The SMILES string of the molecule is CC(C)n1c(/C=C/C[C@@H](O)C[C@@H](O)CC(=O)O)c(-c2ccc(F)cc2)c2ccccc21. The van der Waals surface area contributed by atoms with Crippen molar-refractivity contribution in [3.8, 4) is 11.1 Å². The number of fused-ring (bicyclic) bond motifs is 1. The molecule has 6 heteroatoms. The Balaban J connectivity index is 1.97. The Hall–Kier alpha value is -2.96. The number of aromatic nitrogens is 1. The molecule has 0 aliphatic carbocycles. The summed E-state index contributed by atoms with van der Waals surface area (Å²) in [6.07, 6.45) is 1.71. The number of nitrogens with zero attached hydrogens (tertiary/aromatic N) is 1. The van der Waals surface area contributed by atoms with E-state index in [4.69, 9.17) is 5.11 Å². The van der Waals surface area contributed by atoms with Crippen molar-refractivity contribution in [1.82, 2.24) is 4.57 Å². The fourth-order valence-corrected chi connectivity index (χ4v) is 3.96. The fraction of sp³-hybridized carbons (Fsp3) is 0.320. The summed E-state index contributed by atoms with van der Waals surface area (Å²) in [6, 6.07) is 14.6. The van der Waals surface area contributed by atoms with Crippen LogP contribution in [0, 0.1) is 5.82 Å². The van der Waals surface area contributed by atoms with Crippen LogP contribution in [0.15, 0.2) is 54.6 Å². The highest BCUT2D eigenvalue weighted by atomic mass is 19.1. The van der Waals surface area contributed by atoms with Crippen molar-refractivity contribution in [2.24, 2.45) is 0 Å². The van der Waals surface area contributed by atoms with E-state index in [1.165, 1.54) is 12.1 Å². The van der Waals surface area contributed by atoms with Crippen LogP contribution in [0.5, 0.6) is 0 Å². The van der Waals surface area contributed by atoms with Gasteiger partial charge in [-0.3, -0.25) is 4.79 Å². The normalized spacial score (nSPS) is 13.9. The second-order valence-corrected chi connectivity index (χ2v) is 8.03. The van der Waals surface area contributed by atoms with Crippen LogP contribution in [0.4, 0.5) is 4.39 Å². The van der Waals surface area contributed by atoms with Gasteiger partial charge in [0.1, 0.15) is 5.82 Å².